The Bertz CT molecular complexity index is 466. The lowest BCUT2D eigenvalue weighted by Crippen LogP contribution is -2.50. The van der Waals surface area contributed by atoms with Crippen molar-refractivity contribution in [1.82, 2.24) is 15.0 Å². The molecule has 0 saturated carbocycles. The molecule has 2 aromatic rings. The van der Waals surface area contributed by atoms with Crippen molar-refractivity contribution in [2.75, 3.05) is 4.57 Å². The minimum absolute atomic E-state index is 0.781. The Morgan fingerprint density at radius 2 is 1.45 bits per heavy atom. The van der Waals surface area contributed by atoms with E-state index in [-0.39, 0.29) is 0 Å². The maximum Gasteiger partial charge on any atom is 0.224 e. The lowest BCUT2D eigenvalue weighted by Gasteiger charge is -2.40. The Hall–Kier alpha value is -1.75. The van der Waals surface area contributed by atoms with Crippen LogP contribution in [0.4, 0.5) is 11.6 Å². The second-order valence-electron chi connectivity index (χ2n) is 4.89. The van der Waals surface area contributed by atoms with Gasteiger partial charge in [0.25, 0.3) is 0 Å². The molecule has 0 radical (unpaired) electrons. The molecule has 0 bridgehead atoms. The van der Waals surface area contributed by atoms with Crippen LogP contribution in [0.2, 0.25) is 18.1 Å². The van der Waals surface area contributed by atoms with Gasteiger partial charge in [-0.2, -0.15) is 0 Å². The van der Waals surface area contributed by atoms with E-state index in [2.05, 4.69) is 64.6 Å². The van der Waals surface area contributed by atoms with Crippen LogP contribution >= 0.6 is 0 Å². The molecule has 1 aromatic carbocycles. The van der Waals surface area contributed by atoms with E-state index >= 15 is 0 Å². The maximum absolute atomic E-state index is 4.40. The number of nitrogens with zero attached hydrogens (tertiary/aromatic N) is 4. The van der Waals surface area contributed by atoms with Gasteiger partial charge in [0.05, 0.1) is 0 Å². The van der Waals surface area contributed by atoms with Gasteiger partial charge in [0.1, 0.15) is 12.7 Å². The van der Waals surface area contributed by atoms with E-state index in [1.807, 2.05) is 6.07 Å². The molecule has 4 nitrogen and oxygen atoms in total. The standard InChI is InChI=1S/C15H22N4Si/c1-4-20(5-2,6-3)19(14-10-8-7-9-11-14)15-17-12-16-13-18-15/h7-13H,4-6H2,1-3H3. The van der Waals surface area contributed by atoms with Crippen LogP contribution in [-0.4, -0.2) is 23.2 Å². The molecule has 0 spiro atoms. The van der Waals surface area contributed by atoms with Gasteiger partial charge in [0.15, 0.2) is 8.24 Å². The summed E-state index contributed by atoms with van der Waals surface area (Å²) in [5.74, 6) is 0.781. The molecule has 0 aliphatic heterocycles. The summed E-state index contributed by atoms with van der Waals surface area (Å²) in [5.41, 5.74) is 1.19. The average molecular weight is 286 g/mol. The topological polar surface area (TPSA) is 41.9 Å². The first-order valence-corrected chi connectivity index (χ1v) is 9.81. The average Bonchev–Trinajstić information content (AvgIpc) is 2.54. The van der Waals surface area contributed by atoms with E-state index in [9.17, 15) is 0 Å². The van der Waals surface area contributed by atoms with Crippen molar-refractivity contribution < 1.29 is 0 Å². The molecular formula is C15H22N4Si. The second-order valence-corrected chi connectivity index (χ2v) is 9.91. The Balaban J connectivity index is 2.55. The van der Waals surface area contributed by atoms with Gasteiger partial charge in [0, 0.05) is 5.69 Å². The molecule has 106 valence electrons. The zero-order valence-electron chi connectivity index (χ0n) is 12.5. The second kappa shape index (κ2) is 6.61. The zero-order valence-corrected chi connectivity index (χ0v) is 13.5. The fourth-order valence-corrected chi connectivity index (χ4v) is 6.44. The third-order valence-electron chi connectivity index (χ3n) is 4.14. The lowest BCUT2D eigenvalue weighted by atomic mass is 10.3. The monoisotopic (exact) mass is 286 g/mol. The molecule has 0 aliphatic carbocycles. The summed E-state index contributed by atoms with van der Waals surface area (Å²) in [4.78, 5) is 12.8. The largest absolute Gasteiger partial charge is 0.338 e. The minimum Gasteiger partial charge on any atom is -0.338 e. The smallest absolute Gasteiger partial charge is 0.224 e. The minimum atomic E-state index is -1.65. The van der Waals surface area contributed by atoms with Gasteiger partial charge in [-0.3, -0.25) is 0 Å². The summed E-state index contributed by atoms with van der Waals surface area (Å²) < 4.78 is 2.40. The Morgan fingerprint density at radius 1 is 0.900 bits per heavy atom. The van der Waals surface area contributed by atoms with Crippen molar-refractivity contribution >= 4 is 19.9 Å². The molecule has 1 aromatic heterocycles. The molecule has 0 atom stereocenters. The van der Waals surface area contributed by atoms with Crippen molar-refractivity contribution in [2.45, 2.75) is 38.9 Å². The van der Waals surface area contributed by atoms with Crippen LogP contribution in [0.5, 0.6) is 0 Å². The SMILES string of the molecule is CC[Si](CC)(CC)N(c1ccccc1)c1ncncn1. The number of hydrogen-bond acceptors (Lipinski definition) is 4. The summed E-state index contributed by atoms with van der Waals surface area (Å²) in [6.45, 7) is 6.86. The first kappa shape index (κ1) is 14.7. The molecule has 5 heteroatoms. The number of anilines is 2. The van der Waals surface area contributed by atoms with Crippen LogP contribution in [0.1, 0.15) is 20.8 Å². The van der Waals surface area contributed by atoms with E-state index in [4.69, 9.17) is 0 Å². The molecule has 0 aliphatic rings. The van der Waals surface area contributed by atoms with E-state index in [1.54, 1.807) is 12.7 Å². The maximum atomic E-state index is 4.40. The van der Waals surface area contributed by atoms with Gasteiger partial charge < -0.3 is 4.57 Å². The van der Waals surface area contributed by atoms with Crippen molar-refractivity contribution in [2.24, 2.45) is 0 Å². The Kier molecular flexibility index (Phi) is 4.84. The highest BCUT2D eigenvalue weighted by Crippen LogP contribution is 2.34. The van der Waals surface area contributed by atoms with E-state index in [0.717, 1.165) is 5.95 Å². The normalized spacial score (nSPS) is 11.3. The predicted molar refractivity (Wildman–Crippen MR) is 85.6 cm³/mol. The van der Waals surface area contributed by atoms with Crippen LogP contribution in [-0.2, 0) is 0 Å². The molecular weight excluding hydrogens is 264 g/mol. The highest BCUT2D eigenvalue weighted by atomic mass is 28.3. The quantitative estimate of drug-likeness (QED) is 0.752. The number of aromatic nitrogens is 3. The summed E-state index contributed by atoms with van der Waals surface area (Å²) in [7, 11) is -1.65. The first-order valence-electron chi connectivity index (χ1n) is 7.24. The van der Waals surface area contributed by atoms with Gasteiger partial charge in [-0.1, -0.05) is 39.0 Å². The van der Waals surface area contributed by atoms with E-state index in [1.165, 1.54) is 23.8 Å². The summed E-state index contributed by atoms with van der Waals surface area (Å²) in [6, 6.07) is 14.0. The van der Waals surface area contributed by atoms with Gasteiger partial charge in [-0.05, 0) is 30.3 Å². The van der Waals surface area contributed by atoms with Crippen molar-refractivity contribution in [3.05, 3.63) is 43.0 Å². The molecule has 1 heterocycles. The predicted octanol–water partition coefficient (Wildman–Crippen LogP) is 4.01. The third kappa shape index (κ3) is 2.72. The number of rotatable bonds is 6. The molecule has 0 unspecified atom stereocenters. The highest BCUT2D eigenvalue weighted by molar-refractivity contribution is 6.84. The van der Waals surface area contributed by atoms with Crippen LogP contribution in [0, 0.1) is 0 Å². The fraction of sp³-hybridized carbons (Fsp3) is 0.400. The Morgan fingerprint density at radius 3 is 1.95 bits per heavy atom. The van der Waals surface area contributed by atoms with Crippen LogP contribution < -0.4 is 4.57 Å². The van der Waals surface area contributed by atoms with Crippen LogP contribution in [0.3, 0.4) is 0 Å². The number of benzene rings is 1. The molecule has 20 heavy (non-hydrogen) atoms. The number of para-hydroxylation sites is 1. The van der Waals surface area contributed by atoms with Gasteiger partial charge in [-0.25, -0.2) is 15.0 Å². The van der Waals surface area contributed by atoms with Gasteiger partial charge in [0.2, 0.25) is 5.95 Å². The Labute approximate surface area is 122 Å². The fourth-order valence-electron chi connectivity index (χ4n) is 2.75. The molecule has 0 fully saturated rings. The summed E-state index contributed by atoms with van der Waals surface area (Å²) in [6.07, 6.45) is 3.16. The van der Waals surface area contributed by atoms with Crippen molar-refractivity contribution in [1.29, 1.82) is 0 Å². The van der Waals surface area contributed by atoms with Crippen LogP contribution in [0.15, 0.2) is 43.0 Å². The van der Waals surface area contributed by atoms with Crippen LogP contribution in [0.25, 0.3) is 0 Å². The molecule has 2 rings (SSSR count). The van der Waals surface area contributed by atoms with Crippen molar-refractivity contribution in [3.63, 3.8) is 0 Å². The summed E-state index contributed by atoms with van der Waals surface area (Å²) >= 11 is 0. The third-order valence-corrected chi connectivity index (χ3v) is 9.50. The summed E-state index contributed by atoms with van der Waals surface area (Å²) in [5, 5.41) is 0. The zero-order chi connectivity index (χ0) is 14.4. The first-order chi connectivity index (χ1) is 9.77. The van der Waals surface area contributed by atoms with Gasteiger partial charge in [-0.15, -0.1) is 0 Å². The number of hydrogen-bond donors (Lipinski definition) is 0. The lowest BCUT2D eigenvalue weighted by molar-refractivity contribution is 0.991. The van der Waals surface area contributed by atoms with E-state index < -0.39 is 8.24 Å². The molecule has 0 N–H and O–H groups in total. The van der Waals surface area contributed by atoms with E-state index in [0.29, 0.717) is 0 Å². The highest BCUT2D eigenvalue weighted by Gasteiger charge is 2.37. The molecule has 0 amide bonds. The van der Waals surface area contributed by atoms with Gasteiger partial charge >= 0.3 is 0 Å². The molecule has 0 saturated heterocycles. The van der Waals surface area contributed by atoms with Crippen molar-refractivity contribution in [3.8, 4) is 0 Å².